The van der Waals surface area contributed by atoms with Crippen molar-refractivity contribution in [3.8, 4) is 0 Å². The van der Waals surface area contributed by atoms with E-state index in [4.69, 9.17) is 11.6 Å². The summed E-state index contributed by atoms with van der Waals surface area (Å²) in [4.78, 5) is 23.9. The van der Waals surface area contributed by atoms with Crippen LogP contribution < -0.4 is 10.6 Å². The van der Waals surface area contributed by atoms with E-state index < -0.39 is 28.3 Å². The minimum atomic E-state index is -4.15. The van der Waals surface area contributed by atoms with Gasteiger partial charge in [-0.3, -0.25) is 9.59 Å². The van der Waals surface area contributed by atoms with Crippen molar-refractivity contribution in [2.45, 2.75) is 18.4 Å². The maximum Gasteiger partial charge on any atom is 0.243 e. The largest absolute Gasteiger partial charge is 0.326 e. The highest BCUT2D eigenvalue weighted by atomic mass is 35.5. The number of amides is 2. The van der Waals surface area contributed by atoms with Crippen molar-refractivity contribution in [1.82, 2.24) is 4.31 Å². The molecule has 0 saturated heterocycles. The van der Waals surface area contributed by atoms with Crippen LogP contribution in [0, 0.1) is 5.82 Å². The van der Waals surface area contributed by atoms with Crippen LogP contribution in [0.15, 0.2) is 77.7 Å². The molecule has 2 amide bonds. The fourth-order valence-corrected chi connectivity index (χ4v) is 4.54. The van der Waals surface area contributed by atoms with Gasteiger partial charge in [0, 0.05) is 35.4 Å². The number of carbonyl (C=O) groups is 2. The van der Waals surface area contributed by atoms with Crippen LogP contribution in [0.5, 0.6) is 0 Å². The lowest BCUT2D eigenvalue weighted by atomic mass is 10.2. The molecule has 33 heavy (non-hydrogen) atoms. The van der Waals surface area contributed by atoms with Crippen LogP contribution in [0.25, 0.3) is 0 Å². The predicted molar refractivity (Wildman–Crippen MR) is 125 cm³/mol. The lowest BCUT2D eigenvalue weighted by molar-refractivity contribution is -0.116. The number of anilines is 2. The van der Waals surface area contributed by atoms with Crippen molar-refractivity contribution in [2.24, 2.45) is 0 Å². The van der Waals surface area contributed by atoms with Gasteiger partial charge in [-0.15, -0.1) is 0 Å². The number of halogens is 2. The number of nitrogens with zero attached hydrogens (tertiary/aromatic N) is 1. The monoisotopic (exact) mass is 489 g/mol. The normalized spacial score (nSPS) is 11.3. The summed E-state index contributed by atoms with van der Waals surface area (Å²) in [6, 6.07) is 17.6. The lowest BCUT2D eigenvalue weighted by Crippen LogP contribution is -2.37. The van der Waals surface area contributed by atoms with Crippen LogP contribution in [-0.4, -0.2) is 31.1 Å². The number of carbonyl (C=O) groups excluding carboxylic acids is 2. The average Bonchev–Trinajstić information content (AvgIpc) is 2.75. The van der Waals surface area contributed by atoms with Gasteiger partial charge in [-0.1, -0.05) is 35.9 Å². The molecular formula is C23H21ClFN3O4S. The minimum absolute atomic E-state index is 0.0799. The molecule has 172 valence electrons. The predicted octanol–water partition coefficient (Wildman–Crippen LogP) is 4.27. The van der Waals surface area contributed by atoms with Crippen molar-refractivity contribution in [1.29, 1.82) is 0 Å². The second-order valence-electron chi connectivity index (χ2n) is 7.13. The third-order valence-electron chi connectivity index (χ3n) is 4.54. The Kier molecular flexibility index (Phi) is 7.80. The molecule has 0 aromatic heterocycles. The van der Waals surface area contributed by atoms with Gasteiger partial charge in [0.05, 0.1) is 11.4 Å². The van der Waals surface area contributed by atoms with Gasteiger partial charge in [0.2, 0.25) is 21.8 Å². The number of nitrogens with one attached hydrogen (secondary N) is 2. The lowest BCUT2D eigenvalue weighted by Gasteiger charge is -2.22. The highest BCUT2D eigenvalue weighted by Gasteiger charge is 2.28. The van der Waals surface area contributed by atoms with E-state index in [0.717, 1.165) is 4.31 Å². The molecule has 0 aliphatic carbocycles. The molecule has 7 nitrogen and oxygen atoms in total. The van der Waals surface area contributed by atoms with Gasteiger partial charge in [-0.25, -0.2) is 12.8 Å². The molecule has 3 rings (SSSR count). The number of hydrogen-bond acceptors (Lipinski definition) is 4. The van der Waals surface area contributed by atoms with E-state index in [0.29, 0.717) is 16.4 Å². The van der Waals surface area contributed by atoms with Gasteiger partial charge in [-0.05, 0) is 48.5 Å². The quantitative estimate of drug-likeness (QED) is 0.494. The zero-order chi connectivity index (χ0) is 24.0. The highest BCUT2D eigenvalue weighted by molar-refractivity contribution is 7.89. The van der Waals surface area contributed by atoms with Gasteiger partial charge in [0.1, 0.15) is 5.82 Å². The minimum Gasteiger partial charge on any atom is -0.326 e. The molecule has 10 heteroatoms. The number of sulfonamides is 1. The van der Waals surface area contributed by atoms with Gasteiger partial charge in [-0.2, -0.15) is 4.31 Å². The second kappa shape index (κ2) is 10.6. The van der Waals surface area contributed by atoms with Crippen LogP contribution in [-0.2, 0) is 26.2 Å². The van der Waals surface area contributed by atoms with Crippen molar-refractivity contribution in [3.63, 3.8) is 0 Å². The Morgan fingerprint density at radius 2 is 1.58 bits per heavy atom. The molecule has 2 N–H and O–H groups in total. The van der Waals surface area contributed by atoms with Gasteiger partial charge in [0.15, 0.2) is 0 Å². The maximum atomic E-state index is 14.3. The Morgan fingerprint density at radius 1 is 0.939 bits per heavy atom. The highest BCUT2D eigenvalue weighted by Crippen LogP contribution is 2.22. The van der Waals surface area contributed by atoms with Crippen LogP contribution >= 0.6 is 11.6 Å². The molecule has 3 aromatic rings. The first-order valence-corrected chi connectivity index (χ1v) is 11.6. The van der Waals surface area contributed by atoms with Crippen molar-refractivity contribution in [2.75, 3.05) is 17.2 Å². The summed E-state index contributed by atoms with van der Waals surface area (Å²) in [6.45, 7) is 0.439. The zero-order valence-electron chi connectivity index (χ0n) is 17.6. The third-order valence-corrected chi connectivity index (χ3v) is 6.60. The van der Waals surface area contributed by atoms with Crippen molar-refractivity contribution < 1.29 is 22.4 Å². The van der Waals surface area contributed by atoms with E-state index >= 15 is 0 Å². The van der Waals surface area contributed by atoms with E-state index in [2.05, 4.69) is 10.6 Å². The van der Waals surface area contributed by atoms with Crippen LogP contribution in [0.1, 0.15) is 12.5 Å². The summed E-state index contributed by atoms with van der Waals surface area (Å²) in [6.07, 6.45) is 0. The molecule has 0 aliphatic heterocycles. The third kappa shape index (κ3) is 6.61. The first-order valence-electron chi connectivity index (χ1n) is 9.82. The molecule has 0 atom stereocenters. The van der Waals surface area contributed by atoms with E-state index in [-0.39, 0.29) is 22.9 Å². The first kappa shape index (κ1) is 24.4. The van der Waals surface area contributed by atoms with Crippen LogP contribution in [0.4, 0.5) is 15.8 Å². The summed E-state index contributed by atoms with van der Waals surface area (Å²) in [5.41, 5.74) is 0.953. The summed E-state index contributed by atoms with van der Waals surface area (Å²) >= 11 is 5.86. The van der Waals surface area contributed by atoms with Crippen molar-refractivity contribution >= 4 is 44.8 Å². The Labute approximate surface area is 196 Å². The van der Waals surface area contributed by atoms with Crippen LogP contribution in [0.3, 0.4) is 0 Å². The Balaban J connectivity index is 1.86. The first-order chi connectivity index (χ1) is 15.6. The average molecular weight is 490 g/mol. The van der Waals surface area contributed by atoms with Crippen LogP contribution in [0.2, 0.25) is 5.02 Å². The summed E-state index contributed by atoms with van der Waals surface area (Å²) in [5, 5.41) is 5.56. The number of rotatable bonds is 8. The van der Waals surface area contributed by atoms with Gasteiger partial charge < -0.3 is 10.6 Å². The molecule has 0 radical (unpaired) electrons. The number of hydrogen-bond donors (Lipinski definition) is 2. The Morgan fingerprint density at radius 3 is 2.21 bits per heavy atom. The molecule has 0 aliphatic rings. The van der Waals surface area contributed by atoms with E-state index in [1.54, 1.807) is 24.3 Å². The number of benzene rings is 3. The Bertz CT molecular complexity index is 1270. The summed E-state index contributed by atoms with van der Waals surface area (Å²) < 4.78 is 41.7. The van der Waals surface area contributed by atoms with Crippen molar-refractivity contribution in [3.05, 3.63) is 89.2 Å². The molecule has 0 unspecified atom stereocenters. The summed E-state index contributed by atoms with van der Waals surface area (Å²) in [7, 11) is -4.15. The topological polar surface area (TPSA) is 95.6 Å². The summed E-state index contributed by atoms with van der Waals surface area (Å²) in [5.74, 6) is -1.50. The second-order valence-corrected chi connectivity index (χ2v) is 9.50. The maximum absolute atomic E-state index is 14.3. The molecule has 0 heterocycles. The molecular weight excluding hydrogens is 469 g/mol. The molecule has 0 bridgehead atoms. The fraction of sp³-hybridized carbons (Fsp3) is 0.130. The molecule has 0 saturated carbocycles. The fourth-order valence-electron chi connectivity index (χ4n) is 3.04. The van der Waals surface area contributed by atoms with E-state index in [1.807, 2.05) is 0 Å². The van der Waals surface area contributed by atoms with Gasteiger partial charge >= 0.3 is 0 Å². The molecule has 0 fully saturated rings. The van der Waals surface area contributed by atoms with Gasteiger partial charge in [0.25, 0.3) is 0 Å². The standard InChI is InChI=1S/C23H21ClFN3O4S/c1-16(29)26-19-6-4-7-20(13-19)27-23(30)15-28(14-17-5-2-3-8-22(17)25)33(31,32)21-11-9-18(24)10-12-21/h2-13H,14-15H2,1H3,(H,26,29)(H,27,30). The Hall–Kier alpha value is -3.27. The smallest absolute Gasteiger partial charge is 0.243 e. The molecule has 0 spiro atoms. The van der Waals surface area contributed by atoms with E-state index in [1.165, 1.54) is 55.5 Å². The van der Waals surface area contributed by atoms with E-state index in [9.17, 15) is 22.4 Å². The SMILES string of the molecule is CC(=O)Nc1cccc(NC(=O)CN(Cc2ccccc2F)S(=O)(=O)c2ccc(Cl)cc2)c1. The zero-order valence-corrected chi connectivity index (χ0v) is 19.2. The molecule has 3 aromatic carbocycles.